The van der Waals surface area contributed by atoms with Crippen molar-refractivity contribution >= 4 is 21.7 Å². The van der Waals surface area contributed by atoms with Gasteiger partial charge in [0.05, 0.1) is 23.6 Å². The molecule has 0 amide bonds. The number of ether oxygens (including phenoxy) is 1. The molecule has 150 valence electrons. The molecule has 0 spiro atoms. The van der Waals surface area contributed by atoms with E-state index in [1.54, 1.807) is 24.3 Å². The second-order valence-electron chi connectivity index (χ2n) is 7.97. The topological polar surface area (TPSA) is 75.7 Å². The third-order valence-electron chi connectivity index (χ3n) is 5.22. The number of anilines is 1. The Hall–Kier alpha value is -2.38. The number of benzene rings is 2. The number of carbonyl (C=O) groups excluding carboxylic acids is 1. The average molecular weight is 403 g/mol. The Morgan fingerprint density at radius 1 is 1.18 bits per heavy atom. The van der Waals surface area contributed by atoms with Crippen molar-refractivity contribution in [2.75, 3.05) is 26.5 Å². The molecule has 6 nitrogen and oxygen atoms in total. The number of esters is 1. The molecule has 1 N–H and O–H groups in total. The lowest BCUT2D eigenvalue weighted by Crippen LogP contribution is -2.35. The molecular formula is C21H26N2O4S. The van der Waals surface area contributed by atoms with Crippen molar-refractivity contribution in [1.82, 2.24) is 4.31 Å². The number of nitrogens with one attached hydrogen (secondary N) is 1. The Kier molecular flexibility index (Phi) is 5.25. The van der Waals surface area contributed by atoms with Gasteiger partial charge in [0, 0.05) is 19.8 Å². The number of rotatable bonds is 4. The highest BCUT2D eigenvalue weighted by molar-refractivity contribution is 7.89. The maximum atomic E-state index is 12.5. The SMILES string of the molecule is COC(=O)c1ccc2c(c1)CC(C)(C)C(c1cccc(S(=O)(=O)N(C)C)c1)N2. The Bertz CT molecular complexity index is 1010. The number of methoxy groups -OCH3 is 1. The second kappa shape index (κ2) is 7.22. The van der Waals surface area contributed by atoms with Gasteiger partial charge in [-0.3, -0.25) is 0 Å². The first kappa shape index (κ1) is 20.4. The van der Waals surface area contributed by atoms with Crippen molar-refractivity contribution in [3.63, 3.8) is 0 Å². The maximum Gasteiger partial charge on any atom is 0.337 e. The predicted octanol–water partition coefficient (Wildman–Crippen LogP) is 3.46. The minimum Gasteiger partial charge on any atom is -0.465 e. The number of nitrogens with zero attached hydrogens (tertiary/aromatic N) is 1. The van der Waals surface area contributed by atoms with E-state index >= 15 is 0 Å². The smallest absolute Gasteiger partial charge is 0.337 e. The fourth-order valence-corrected chi connectivity index (χ4v) is 4.63. The van der Waals surface area contributed by atoms with Gasteiger partial charge >= 0.3 is 5.97 Å². The quantitative estimate of drug-likeness (QED) is 0.793. The van der Waals surface area contributed by atoms with Crippen LogP contribution in [0.5, 0.6) is 0 Å². The van der Waals surface area contributed by atoms with Crippen LogP contribution in [0.2, 0.25) is 0 Å². The van der Waals surface area contributed by atoms with E-state index in [0.29, 0.717) is 5.56 Å². The van der Waals surface area contributed by atoms with Gasteiger partial charge in [-0.2, -0.15) is 0 Å². The van der Waals surface area contributed by atoms with E-state index in [0.717, 1.165) is 23.2 Å². The molecule has 2 aromatic carbocycles. The van der Waals surface area contributed by atoms with Crippen LogP contribution in [-0.2, 0) is 21.2 Å². The van der Waals surface area contributed by atoms with Crippen LogP contribution in [0.15, 0.2) is 47.4 Å². The van der Waals surface area contributed by atoms with Gasteiger partial charge in [0.25, 0.3) is 0 Å². The highest BCUT2D eigenvalue weighted by atomic mass is 32.2. The monoisotopic (exact) mass is 402 g/mol. The molecule has 1 aliphatic heterocycles. The van der Waals surface area contributed by atoms with E-state index in [1.165, 1.54) is 25.5 Å². The summed E-state index contributed by atoms with van der Waals surface area (Å²) in [5, 5.41) is 3.54. The van der Waals surface area contributed by atoms with Crippen LogP contribution >= 0.6 is 0 Å². The number of sulfonamides is 1. The first-order valence-corrected chi connectivity index (χ1v) is 10.5. The fraction of sp³-hybridized carbons (Fsp3) is 0.381. The lowest BCUT2D eigenvalue weighted by molar-refractivity contribution is 0.0600. The van der Waals surface area contributed by atoms with Crippen LogP contribution < -0.4 is 5.32 Å². The summed E-state index contributed by atoms with van der Waals surface area (Å²) in [5.74, 6) is -0.357. The molecule has 1 heterocycles. The minimum atomic E-state index is -3.50. The van der Waals surface area contributed by atoms with Crippen LogP contribution in [0.3, 0.4) is 0 Å². The number of hydrogen-bond acceptors (Lipinski definition) is 5. The Morgan fingerprint density at radius 3 is 2.54 bits per heavy atom. The summed E-state index contributed by atoms with van der Waals surface area (Å²) in [5.41, 5.74) is 3.23. The minimum absolute atomic E-state index is 0.0683. The van der Waals surface area contributed by atoms with Crippen molar-refractivity contribution in [1.29, 1.82) is 0 Å². The van der Waals surface area contributed by atoms with Crippen molar-refractivity contribution in [2.45, 2.75) is 31.2 Å². The van der Waals surface area contributed by atoms with Gasteiger partial charge in [0.15, 0.2) is 0 Å². The Morgan fingerprint density at radius 2 is 1.89 bits per heavy atom. The van der Waals surface area contributed by atoms with E-state index in [1.807, 2.05) is 18.2 Å². The average Bonchev–Trinajstić information content (AvgIpc) is 2.65. The van der Waals surface area contributed by atoms with Gasteiger partial charge in [0.2, 0.25) is 10.0 Å². The second-order valence-corrected chi connectivity index (χ2v) is 10.1. The van der Waals surface area contributed by atoms with Crippen molar-refractivity contribution in [3.8, 4) is 0 Å². The molecule has 1 unspecified atom stereocenters. The summed E-state index contributed by atoms with van der Waals surface area (Å²) in [7, 11) is 0.925. The van der Waals surface area contributed by atoms with Gasteiger partial charge in [-0.1, -0.05) is 26.0 Å². The number of carbonyl (C=O) groups is 1. The molecule has 28 heavy (non-hydrogen) atoms. The lowest BCUT2D eigenvalue weighted by atomic mass is 9.73. The predicted molar refractivity (Wildman–Crippen MR) is 109 cm³/mol. The first-order chi connectivity index (χ1) is 13.1. The van der Waals surface area contributed by atoms with E-state index in [9.17, 15) is 13.2 Å². The molecule has 0 aliphatic carbocycles. The normalized spacial score (nSPS) is 18.3. The zero-order valence-corrected chi connectivity index (χ0v) is 17.6. The molecule has 7 heteroatoms. The van der Waals surface area contributed by atoms with Gasteiger partial charge in [-0.25, -0.2) is 17.5 Å². The summed E-state index contributed by atoms with van der Waals surface area (Å²) in [6.07, 6.45) is 0.746. The Balaban J connectivity index is 2.00. The number of fused-ring (bicyclic) bond motifs is 1. The molecule has 3 rings (SSSR count). The van der Waals surface area contributed by atoms with Crippen molar-refractivity contribution < 1.29 is 17.9 Å². The molecule has 1 atom stereocenters. The fourth-order valence-electron chi connectivity index (χ4n) is 3.67. The van der Waals surface area contributed by atoms with Gasteiger partial charge in [-0.05, 0) is 53.3 Å². The van der Waals surface area contributed by atoms with Gasteiger partial charge < -0.3 is 10.1 Å². The standard InChI is InChI=1S/C21H26N2O4S/c1-21(2)13-16-11-15(20(24)27-5)9-10-18(16)22-19(21)14-7-6-8-17(12-14)28(25,26)23(3)4/h6-12,19,22H,13H2,1-5H3. The van der Waals surface area contributed by atoms with Crippen LogP contribution in [-0.4, -0.2) is 39.9 Å². The summed E-state index contributed by atoms with van der Waals surface area (Å²) in [6, 6.07) is 12.5. The van der Waals surface area contributed by atoms with E-state index in [4.69, 9.17) is 4.74 Å². The van der Waals surface area contributed by atoms with Crippen LogP contribution in [0, 0.1) is 5.41 Å². The van der Waals surface area contributed by atoms with Gasteiger partial charge in [0.1, 0.15) is 0 Å². The van der Waals surface area contributed by atoms with E-state index < -0.39 is 10.0 Å². The molecule has 0 bridgehead atoms. The zero-order chi connectivity index (χ0) is 20.7. The molecule has 0 saturated heterocycles. The van der Waals surface area contributed by atoms with Crippen LogP contribution in [0.25, 0.3) is 0 Å². The highest BCUT2D eigenvalue weighted by Crippen LogP contribution is 2.45. The summed E-state index contributed by atoms with van der Waals surface area (Å²) in [6.45, 7) is 4.26. The first-order valence-electron chi connectivity index (χ1n) is 9.06. The highest BCUT2D eigenvalue weighted by Gasteiger charge is 2.36. The molecule has 0 fully saturated rings. The molecule has 1 aliphatic rings. The zero-order valence-electron chi connectivity index (χ0n) is 16.8. The van der Waals surface area contributed by atoms with Crippen LogP contribution in [0.4, 0.5) is 5.69 Å². The summed E-state index contributed by atoms with van der Waals surface area (Å²) in [4.78, 5) is 12.1. The van der Waals surface area contributed by atoms with Crippen molar-refractivity contribution in [3.05, 3.63) is 59.2 Å². The third-order valence-corrected chi connectivity index (χ3v) is 7.03. The Labute approximate surface area is 166 Å². The molecule has 2 aromatic rings. The third kappa shape index (κ3) is 3.64. The van der Waals surface area contributed by atoms with E-state index in [2.05, 4.69) is 19.2 Å². The largest absolute Gasteiger partial charge is 0.465 e. The van der Waals surface area contributed by atoms with Gasteiger partial charge in [-0.15, -0.1) is 0 Å². The van der Waals surface area contributed by atoms with Crippen molar-refractivity contribution in [2.24, 2.45) is 5.41 Å². The summed E-state index contributed by atoms with van der Waals surface area (Å²) >= 11 is 0. The molecule has 0 saturated carbocycles. The van der Waals surface area contributed by atoms with Crippen LogP contribution in [0.1, 0.15) is 41.4 Å². The maximum absolute atomic E-state index is 12.5. The van der Waals surface area contributed by atoms with E-state index in [-0.39, 0.29) is 22.3 Å². The lowest BCUT2D eigenvalue weighted by Gasteiger charge is -2.41. The molecular weight excluding hydrogens is 376 g/mol. The molecule has 0 aromatic heterocycles. The summed E-state index contributed by atoms with van der Waals surface area (Å²) < 4.78 is 31.1. The number of hydrogen-bond donors (Lipinski definition) is 1. The molecule has 0 radical (unpaired) electrons.